The second-order valence-corrected chi connectivity index (χ2v) is 4.99. The number of rotatable bonds is 3. The number of halogens is 3. The summed E-state index contributed by atoms with van der Waals surface area (Å²) >= 11 is 3.06. The van der Waals surface area contributed by atoms with E-state index in [0.717, 1.165) is 24.3 Å². The second-order valence-electron chi connectivity index (χ2n) is 4.07. The molecule has 108 valence electrons. The minimum atomic E-state index is -1.40. The van der Waals surface area contributed by atoms with Gasteiger partial charge < -0.3 is 10.4 Å². The molecule has 2 rings (SSSR count). The fraction of sp³-hybridized carbons (Fsp3) is 0. The summed E-state index contributed by atoms with van der Waals surface area (Å²) in [6.45, 7) is 0. The summed E-state index contributed by atoms with van der Waals surface area (Å²) in [5.74, 6) is -3.74. The monoisotopic (exact) mass is 355 g/mol. The molecule has 0 saturated heterocycles. The third-order valence-electron chi connectivity index (χ3n) is 2.64. The summed E-state index contributed by atoms with van der Waals surface area (Å²) in [4.78, 5) is 23.0. The van der Waals surface area contributed by atoms with Crippen molar-refractivity contribution in [2.45, 2.75) is 0 Å². The highest BCUT2D eigenvalue weighted by Gasteiger charge is 2.17. The molecule has 0 bridgehead atoms. The van der Waals surface area contributed by atoms with Gasteiger partial charge in [-0.05, 0) is 36.4 Å². The third-order valence-corrected chi connectivity index (χ3v) is 3.13. The van der Waals surface area contributed by atoms with Gasteiger partial charge in [0, 0.05) is 4.47 Å². The van der Waals surface area contributed by atoms with Crippen LogP contribution >= 0.6 is 15.9 Å². The van der Waals surface area contributed by atoms with Crippen LogP contribution in [0.2, 0.25) is 0 Å². The van der Waals surface area contributed by atoms with Crippen LogP contribution < -0.4 is 5.32 Å². The Balaban J connectivity index is 2.34. The molecule has 7 heteroatoms. The molecule has 0 heterocycles. The van der Waals surface area contributed by atoms with Gasteiger partial charge in [-0.2, -0.15) is 0 Å². The van der Waals surface area contributed by atoms with E-state index in [1.165, 1.54) is 12.1 Å². The Morgan fingerprint density at radius 1 is 1.05 bits per heavy atom. The molecule has 0 atom stereocenters. The largest absolute Gasteiger partial charge is 0.478 e. The topological polar surface area (TPSA) is 66.4 Å². The van der Waals surface area contributed by atoms with Crippen molar-refractivity contribution in [1.82, 2.24) is 0 Å². The minimum absolute atomic E-state index is 0.115. The van der Waals surface area contributed by atoms with Gasteiger partial charge in [-0.25, -0.2) is 13.6 Å². The Labute approximate surface area is 126 Å². The molecule has 0 aliphatic heterocycles. The molecule has 0 spiro atoms. The van der Waals surface area contributed by atoms with Crippen molar-refractivity contribution in [1.29, 1.82) is 0 Å². The summed E-state index contributed by atoms with van der Waals surface area (Å²) < 4.78 is 27.2. The molecule has 21 heavy (non-hydrogen) atoms. The molecular weight excluding hydrogens is 348 g/mol. The molecule has 0 aliphatic carbocycles. The van der Waals surface area contributed by atoms with Crippen LogP contribution in [-0.4, -0.2) is 17.0 Å². The second kappa shape index (κ2) is 6.01. The maximum Gasteiger partial charge on any atom is 0.337 e. The number of benzene rings is 2. The van der Waals surface area contributed by atoms with Gasteiger partial charge in [-0.3, -0.25) is 4.79 Å². The molecular formula is C14H8BrF2NO3. The van der Waals surface area contributed by atoms with Gasteiger partial charge >= 0.3 is 5.97 Å². The molecule has 0 radical (unpaired) electrons. The predicted molar refractivity (Wildman–Crippen MR) is 75.4 cm³/mol. The average molecular weight is 356 g/mol. The van der Waals surface area contributed by atoms with E-state index in [1.807, 2.05) is 0 Å². The first-order valence-corrected chi connectivity index (χ1v) is 6.47. The lowest BCUT2D eigenvalue weighted by molar-refractivity contribution is 0.0697. The number of aromatic carboxylic acids is 1. The lowest BCUT2D eigenvalue weighted by Gasteiger charge is -2.09. The van der Waals surface area contributed by atoms with Crippen LogP contribution in [0.3, 0.4) is 0 Å². The fourth-order valence-electron chi connectivity index (χ4n) is 1.67. The van der Waals surface area contributed by atoms with Gasteiger partial charge in [0.1, 0.15) is 11.6 Å². The highest BCUT2D eigenvalue weighted by molar-refractivity contribution is 9.10. The Bertz CT molecular complexity index is 734. The minimum Gasteiger partial charge on any atom is -0.478 e. The van der Waals surface area contributed by atoms with Crippen LogP contribution in [0.4, 0.5) is 14.5 Å². The van der Waals surface area contributed by atoms with E-state index in [0.29, 0.717) is 4.47 Å². The van der Waals surface area contributed by atoms with Gasteiger partial charge in [-0.15, -0.1) is 0 Å². The van der Waals surface area contributed by atoms with Crippen LogP contribution in [0.1, 0.15) is 20.7 Å². The molecule has 2 aromatic carbocycles. The van der Waals surface area contributed by atoms with E-state index in [-0.39, 0.29) is 11.3 Å². The van der Waals surface area contributed by atoms with Crippen molar-refractivity contribution >= 4 is 33.5 Å². The molecule has 0 aliphatic rings. The standard InChI is InChI=1S/C14H8BrF2NO3/c15-7-1-3-9(11(17)5-7)13(19)18-12-4-2-8(16)6-10(12)14(20)21/h1-6H,(H,18,19)(H,20,21). The number of nitrogens with one attached hydrogen (secondary N) is 1. The van der Waals surface area contributed by atoms with Crippen LogP contribution in [0.5, 0.6) is 0 Å². The number of anilines is 1. The zero-order chi connectivity index (χ0) is 15.6. The van der Waals surface area contributed by atoms with Gasteiger partial charge in [0.05, 0.1) is 16.8 Å². The van der Waals surface area contributed by atoms with Crippen molar-refractivity contribution in [3.8, 4) is 0 Å². The van der Waals surface area contributed by atoms with E-state index in [2.05, 4.69) is 21.2 Å². The number of hydrogen-bond donors (Lipinski definition) is 2. The number of carbonyl (C=O) groups excluding carboxylic acids is 1. The van der Waals surface area contributed by atoms with E-state index in [1.54, 1.807) is 0 Å². The van der Waals surface area contributed by atoms with Gasteiger partial charge in [0.2, 0.25) is 0 Å². The van der Waals surface area contributed by atoms with Crippen molar-refractivity contribution in [3.63, 3.8) is 0 Å². The van der Waals surface area contributed by atoms with Crippen molar-refractivity contribution in [3.05, 3.63) is 63.6 Å². The predicted octanol–water partition coefficient (Wildman–Crippen LogP) is 3.68. The molecule has 2 aromatic rings. The first-order chi connectivity index (χ1) is 9.88. The maximum absolute atomic E-state index is 13.7. The van der Waals surface area contributed by atoms with Crippen molar-refractivity contribution < 1.29 is 23.5 Å². The Kier molecular flexibility index (Phi) is 4.32. The van der Waals surface area contributed by atoms with E-state index in [4.69, 9.17) is 5.11 Å². The molecule has 4 nitrogen and oxygen atoms in total. The average Bonchev–Trinajstić information content (AvgIpc) is 2.40. The quantitative estimate of drug-likeness (QED) is 0.882. The van der Waals surface area contributed by atoms with Gasteiger partial charge in [0.25, 0.3) is 5.91 Å². The number of carboxylic acid groups (broad SMARTS) is 1. The van der Waals surface area contributed by atoms with Crippen LogP contribution in [-0.2, 0) is 0 Å². The third kappa shape index (κ3) is 3.43. The zero-order valence-corrected chi connectivity index (χ0v) is 11.9. The maximum atomic E-state index is 13.7. The first-order valence-electron chi connectivity index (χ1n) is 5.67. The summed E-state index contributed by atoms with van der Waals surface area (Å²) in [5, 5.41) is 11.2. The zero-order valence-electron chi connectivity index (χ0n) is 10.4. The number of amides is 1. The van der Waals surface area contributed by atoms with E-state index < -0.39 is 29.1 Å². The molecule has 0 unspecified atom stereocenters. The fourth-order valence-corrected chi connectivity index (χ4v) is 2.00. The number of carboxylic acids is 1. The Hall–Kier alpha value is -2.28. The van der Waals surface area contributed by atoms with Gasteiger partial charge in [-0.1, -0.05) is 15.9 Å². The van der Waals surface area contributed by atoms with Gasteiger partial charge in [0.15, 0.2) is 0 Å². The van der Waals surface area contributed by atoms with Crippen molar-refractivity contribution in [2.24, 2.45) is 0 Å². The lowest BCUT2D eigenvalue weighted by atomic mass is 10.1. The van der Waals surface area contributed by atoms with Crippen LogP contribution in [0, 0.1) is 11.6 Å². The Morgan fingerprint density at radius 3 is 2.38 bits per heavy atom. The lowest BCUT2D eigenvalue weighted by Crippen LogP contribution is -2.16. The first kappa shape index (κ1) is 15.1. The normalized spacial score (nSPS) is 10.2. The van der Waals surface area contributed by atoms with Crippen LogP contribution in [0.15, 0.2) is 40.9 Å². The highest BCUT2D eigenvalue weighted by atomic mass is 79.9. The van der Waals surface area contributed by atoms with Crippen molar-refractivity contribution in [2.75, 3.05) is 5.32 Å². The molecule has 0 saturated carbocycles. The number of hydrogen-bond acceptors (Lipinski definition) is 2. The SMILES string of the molecule is O=C(Nc1ccc(F)cc1C(=O)O)c1ccc(Br)cc1F. The molecule has 0 fully saturated rings. The van der Waals surface area contributed by atoms with E-state index >= 15 is 0 Å². The molecule has 1 amide bonds. The summed E-state index contributed by atoms with van der Waals surface area (Å²) in [5.41, 5.74) is -0.782. The Morgan fingerprint density at radius 2 is 1.76 bits per heavy atom. The summed E-state index contributed by atoms with van der Waals surface area (Å²) in [6.07, 6.45) is 0. The van der Waals surface area contributed by atoms with E-state index in [9.17, 15) is 18.4 Å². The van der Waals surface area contributed by atoms with Crippen LogP contribution in [0.25, 0.3) is 0 Å². The summed E-state index contributed by atoms with van der Waals surface area (Å²) in [7, 11) is 0. The summed E-state index contributed by atoms with van der Waals surface area (Å²) in [6, 6.07) is 6.71. The smallest absolute Gasteiger partial charge is 0.337 e. The molecule has 0 aromatic heterocycles. The molecule has 2 N–H and O–H groups in total. The highest BCUT2D eigenvalue weighted by Crippen LogP contribution is 2.20. The number of carbonyl (C=O) groups is 2.